The fourth-order valence-electron chi connectivity index (χ4n) is 2.55. The predicted molar refractivity (Wildman–Crippen MR) is 79.7 cm³/mol. The van der Waals surface area contributed by atoms with Gasteiger partial charge < -0.3 is 10.1 Å². The molecule has 0 heterocycles. The molecule has 106 valence electrons. The molecule has 0 aromatic heterocycles. The van der Waals surface area contributed by atoms with Crippen molar-refractivity contribution in [1.82, 2.24) is 5.32 Å². The van der Waals surface area contributed by atoms with Gasteiger partial charge in [0.25, 0.3) is 0 Å². The molecule has 0 saturated heterocycles. The summed E-state index contributed by atoms with van der Waals surface area (Å²) in [6.07, 6.45) is 0.936. The Bertz CT molecular complexity index is 583. The highest BCUT2D eigenvalue weighted by atomic mass is 19.1. The summed E-state index contributed by atoms with van der Waals surface area (Å²) in [4.78, 5) is 0. The summed E-state index contributed by atoms with van der Waals surface area (Å²) in [6, 6.07) is 12.7. The monoisotopic (exact) mass is 273 g/mol. The van der Waals surface area contributed by atoms with Gasteiger partial charge in [-0.3, -0.25) is 0 Å². The molecule has 0 saturated carbocycles. The van der Waals surface area contributed by atoms with Gasteiger partial charge in [-0.25, -0.2) is 4.39 Å². The molecule has 1 atom stereocenters. The average Bonchev–Trinajstić information content (AvgIpc) is 2.49. The van der Waals surface area contributed by atoms with E-state index in [1.807, 2.05) is 19.2 Å². The summed E-state index contributed by atoms with van der Waals surface area (Å²) in [5.41, 5.74) is 3.22. The summed E-state index contributed by atoms with van der Waals surface area (Å²) in [7, 11) is 3.48. The van der Waals surface area contributed by atoms with Crippen LogP contribution in [0, 0.1) is 5.82 Å². The smallest absolute Gasteiger partial charge is 0.124 e. The molecule has 2 rings (SSSR count). The number of hydrogen-bond donors (Lipinski definition) is 1. The van der Waals surface area contributed by atoms with Gasteiger partial charge in [0.05, 0.1) is 13.2 Å². The molecule has 20 heavy (non-hydrogen) atoms. The van der Waals surface area contributed by atoms with Crippen molar-refractivity contribution in [3.8, 4) is 5.75 Å². The normalized spacial score (nSPS) is 12.2. The van der Waals surface area contributed by atoms with Gasteiger partial charge in [0.15, 0.2) is 0 Å². The molecule has 1 unspecified atom stereocenters. The first-order chi connectivity index (χ1) is 9.71. The first-order valence-electron chi connectivity index (χ1n) is 6.79. The topological polar surface area (TPSA) is 21.3 Å². The van der Waals surface area contributed by atoms with Crippen LogP contribution in [0.1, 0.15) is 29.7 Å². The molecular weight excluding hydrogens is 253 g/mol. The Kier molecular flexibility index (Phi) is 4.74. The fraction of sp³-hybridized carbons (Fsp3) is 0.294. The van der Waals surface area contributed by atoms with E-state index in [1.165, 1.54) is 17.7 Å². The van der Waals surface area contributed by atoms with Crippen LogP contribution < -0.4 is 10.1 Å². The Balaban J connectivity index is 2.55. The summed E-state index contributed by atoms with van der Waals surface area (Å²) >= 11 is 0. The Morgan fingerprint density at radius 1 is 1.15 bits per heavy atom. The van der Waals surface area contributed by atoms with Crippen molar-refractivity contribution < 1.29 is 9.13 Å². The SMILES string of the molecule is CCc1ccccc1C(NC)c1cc(F)ccc1OC. The lowest BCUT2D eigenvalue weighted by Gasteiger charge is -2.22. The number of nitrogens with one attached hydrogen (secondary N) is 1. The largest absolute Gasteiger partial charge is 0.496 e. The number of methoxy groups -OCH3 is 1. The maximum absolute atomic E-state index is 13.6. The highest BCUT2D eigenvalue weighted by molar-refractivity contribution is 5.44. The van der Waals surface area contributed by atoms with Crippen molar-refractivity contribution in [1.29, 1.82) is 0 Å². The van der Waals surface area contributed by atoms with E-state index >= 15 is 0 Å². The molecule has 2 aromatic rings. The zero-order valence-electron chi connectivity index (χ0n) is 12.1. The van der Waals surface area contributed by atoms with Crippen molar-refractivity contribution in [2.45, 2.75) is 19.4 Å². The number of aryl methyl sites for hydroxylation is 1. The summed E-state index contributed by atoms with van der Waals surface area (Å²) in [5, 5.41) is 3.26. The Morgan fingerprint density at radius 3 is 2.55 bits per heavy atom. The van der Waals surface area contributed by atoms with Crippen LogP contribution in [0.2, 0.25) is 0 Å². The third-order valence-corrected chi connectivity index (χ3v) is 3.54. The minimum Gasteiger partial charge on any atom is -0.496 e. The first-order valence-corrected chi connectivity index (χ1v) is 6.79. The highest BCUT2D eigenvalue weighted by Crippen LogP contribution is 2.32. The number of rotatable bonds is 5. The molecule has 0 bridgehead atoms. The van der Waals surface area contributed by atoms with Crippen LogP contribution in [0.3, 0.4) is 0 Å². The molecule has 0 fully saturated rings. The second-order valence-corrected chi connectivity index (χ2v) is 4.66. The summed E-state index contributed by atoms with van der Waals surface area (Å²) < 4.78 is 19.0. The zero-order valence-corrected chi connectivity index (χ0v) is 12.1. The van der Waals surface area contributed by atoms with E-state index in [0.717, 1.165) is 17.5 Å². The van der Waals surface area contributed by atoms with Crippen LogP contribution in [0.4, 0.5) is 4.39 Å². The molecule has 1 N–H and O–H groups in total. The Morgan fingerprint density at radius 2 is 1.90 bits per heavy atom. The average molecular weight is 273 g/mol. The van der Waals surface area contributed by atoms with E-state index in [9.17, 15) is 4.39 Å². The molecular formula is C17H20FNO. The maximum atomic E-state index is 13.6. The molecule has 0 amide bonds. The fourth-order valence-corrected chi connectivity index (χ4v) is 2.55. The van der Waals surface area contributed by atoms with Crippen LogP contribution in [0.5, 0.6) is 5.75 Å². The zero-order chi connectivity index (χ0) is 14.5. The lowest BCUT2D eigenvalue weighted by molar-refractivity contribution is 0.403. The second-order valence-electron chi connectivity index (χ2n) is 4.66. The van der Waals surface area contributed by atoms with Crippen molar-refractivity contribution in [2.24, 2.45) is 0 Å². The van der Waals surface area contributed by atoms with Gasteiger partial charge in [-0.15, -0.1) is 0 Å². The van der Waals surface area contributed by atoms with Crippen molar-refractivity contribution in [3.63, 3.8) is 0 Å². The Hall–Kier alpha value is -1.87. The van der Waals surface area contributed by atoms with Crippen LogP contribution in [-0.4, -0.2) is 14.2 Å². The van der Waals surface area contributed by atoms with E-state index in [0.29, 0.717) is 5.75 Å². The number of benzene rings is 2. The molecule has 0 spiro atoms. The van der Waals surface area contributed by atoms with Crippen molar-refractivity contribution in [3.05, 3.63) is 65.0 Å². The highest BCUT2D eigenvalue weighted by Gasteiger charge is 2.19. The van der Waals surface area contributed by atoms with Crippen molar-refractivity contribution >= 4 is 0 Å². The van der Waals surface area contributed by atoms with E-state index in [2.05, 4.69) is 24.4 Å². The predicted octanol–water partition coefficient (Wildman–Crippen LogP) is 3.71. The van der Waals surface area contributed by atoms with Gasteiger partial charge in [-0.1, -0.05) is 31.2 Å². The third kappa shape index (κ3) is 2.83. The maximum Gasteiger partial charge on any atom is 0.124 e. The molecule has 0 aliphatic carbocycles. The number of halogens is 1. The lowest BCUT2D eigenvalue weighted by Crippen LogP contribution is -2.20. The van der Waals surface area contributed by atoms with Crippen molar-refractivity contribution in [2.75, 3.05) is 14.2 Å². The van der Waals surface area contributed by atoms with Gasteiger partial charge >= 0.3 is 0 Å². The number of ether oxygens (including phenoxy) is 1. The minimum atomic E-state index is -0.255. The Labute approximate surface area is 119 Å². The van der Waals surface area contributed by atoms with Crippen LogP contribution in [0.25, 0.3) is 0 Å². The lowest BCUT2D eigenvalue weighted by atomic mass is 9.93. The van der Waals surface area contributed by atoms with Gasteiger partial charge in [0.2, 0.25) is 0 Å². The summed E-state index contributed by atoms with van der Waals surface area (Å²) in [6.45, 7) is 2.12. The second kappa shape index (κ2) is 6.53. The molecule has 0 radical (unpaired) electrons. The van der Waals surface area contributed by atoms with E-state index in [4.69, 9.17) is 4.74 Å². The van der Waals surface area contributed by atoms with Crippen LogP contribution >= 0.6 is 0 Å². The molecule has 2 aromatic carbocycles. The molecule has 3 heteroatoms. The molecule has 0 aliphatic rings. The van der Waals surface area contributed by atoms with E-state index in [-0.39, 0.29) is 11.9 Å². The van der Waals surface area contributed by atoms with Gasteiger partial charge in [0, 0.05) is 5.56 Å². The minimum absolute atomic E-state index is 0.0863. The van der Waals surface area contributed by atoms with E-state index < -0.39 is 0 Å². The van der Waals surface area contributed by atoms with E-state index in [1.54, 1.807) is 13.2 Å². The van der Waals surface area contributed by atoms with Gasteiger partial charge in [0.1, 0.15) is 11.6 Å². The third-order valence-electron chi connectivity index (χ3n) is 3.54. The van der Waals surface area contributed by atoms with Crippen LogP contribution in [0.15, 0.2) is 42.5 Å². The summed E-state index contributed by atoms with van der Waals surface area (Å²) in [5.74, 6) is 0.437. The first kappa shape index (κ1) is 14.5. The molecule has 2 nitrogen and oxygen atoms in total. The number of hydrogen-bond acceptors (Lipinski definition) is 2. The van der Waals surface area contributed by atoms with Gasteiger partial charge in [-0.05, 0) is 42.8 Å². The van der Waals surface area contributed by atoms with Crippen LogP contribution in [-0.2, 0) is 6.42 Å². The standard InChI is InChI=1S/C17H20FNO/c1-4-12-7-5-6-8-14(12)17(19-2)15-11-13(18)9-10-16(15)20-3/h5-11,17,19H,4H2,1-3H3. The van der Waals surface area contributed by atoms with Gasteiger partial charge in [-0.2, -0.15) is 0 Å². The molecule has 0 aliphatic heterocycles. The quantitative estimate of drug-likeness (QED) is 0.896.